The third-order valence-corrected chi connectivity index (χ3v) is 3.62. The Labute approximate surface area is 103 Å². The topological polar surface area (TPSA) is 37.0 Å². The van der Waals surface area contributed by atoms with Gasteiger partial charge >= 0.3 is 0 Å². The molecule has 0 bridgehead atoms. The van der Waals surface area contributed by atoms with Crippen molar-refractivity contribution in [3.8, 4) is 0 Å². The first-order valence-corrected chi connectivity index (χ1v) is 6.95. The zero-order valence-corrected chi connectivity index (χ0v) is 11.4. The van der Waals surface area contributed by atoms with Gasteiger partial charge in [-0.1, -0.05) is 6.92 Å². The molecule has 0 fully saturated rings. The summed E-state index contributed by atoms with van der Waals surface area (Å²) in [4.78, 5) is 4.43. The summed E-state index contributed by atoms with van der Waals surface area (Å²) < 4.78 is 0. The molecule has 0 radical (unpaired) electrons. The predicted molar refractivity (Wildman–Crippen MR) is 71.2 cm³/mol. The molecule has 1 aromatic heterocycles. The van der Waals surface area contributed by atoms with E-state index in [1.807, 2.05) is 6.92 Å². The van der Waals surface area contributed by atoms with Crippen LogP contribution < -0.4 is 10.6 Å². The monoisotopic (exact) mass is 241 g/mol. The highest BCUT2D eigenvalue weighted by Gasteiger charge is 1.98. The molecule has 0 aliphatic heterocycles. The summed E-state index contributed by atoms with van der Waals surface area (Å²) in [5.41, 5.74) is 1.14. The molecule has 1 heterocycles. The molecule has 92 valence electrons. The maximum absolute atomic E-state index is 4.43. The van der Waals surface area contributed by atoms with Crippen LogP contribution in [-0.4, -0.2) is 30.7 Å². The van der Waals surface area contributed by atoms with E-state index >= 15 is 0 Å². The summed E-state index contributed by atoms with van der Waals surface area (Å²) in [6.07, 6.45) is 2.24. The largest absolute Gasteiger partial charge is 0.315 e. The van der Waals surface area contributed by atoms with Crippen LogP contribution >= 0.6 is 11.3 Å². The number of thiazole rings is 1. The van der Waals surface area contributed by atoms with Crippen molar-refractivity contribution in [1.29, 1.82) is 0 Å². The van der Waals surface area contributed by atoms with Crippen LogP contribution in [0.1, 0.15) is 31.0 Å². The van der Waals surface area contributed by atoms with Crippen molar-refractivity contribution >= 4 is 11.3 Å². The van der Waals surface area contributed by atoms with Gasteiger partial charge in [-0.3, -0.25) is 0 Å². The molecule has 16 heavy (non-hydrogen) atoms. The standard InChI is InChI=1S/C12H23N3S/c1-4-10(2)14-8-7-13-6-5-12-15-11(3)9-16-12/h9-10,13-14H,4-8H2,1-3H3. The molecule has 3 nitrogen and oxygen atoms in total. The summed E-state index contributed by atoms with van der Waals surface area (Å²) in [6, 6.07) is 0.628. The summed E-state index contributed by atoms with van der Waals surface area (Å²) in [5.74, 6) is 0. The number of hydrogen-bond acceptors (Lipinski definition) is 4. The van der Waals surface area contributed by atoms with Gasteiger partial charge in [0.1, 0.15) is 0 Å². The SMILES string of the molecule is CCC(C)NCCNCCc1nc(C)cs1. The molecule has 0 saturated heterocycles. The van der Waals surface area contributed by atoms with Crippen molar-refractivity contribution in [2.24, 2.45) is 0 Å². The Hall–Kier alpha value is -0.450. The van der Waals surface area contributed by atoms with Gasteiger partial charge in [-0.05, 0) is 20.3 Å². The fourth-order valence-electron chi connectivity index (χ4n) is 1.39. The summed E-state index contributed by atoms with van der Waals surface area (Å²) in [5, 5.41) is 10.2. The lowest BCUT2D eigenvalue weighted by atomic mass is 10.2. The smallest absolute Gasteiger partial charge is 0.0940 e. The molecular formula is C12H23N3S. The van der Waals surface area contributed by atoms with Crippen molar-refractivity contribution in [3.05, 3.63) is 16.1 Å². The summed E-state index contributed by atoms with van der Waals surface area (Å²) >= 11 is 1.76. The van der Waals surface area contributed by atoms with Crippen LogP contribution in [0.25, 0.3) is 0 Å². The summed E-state index contributed by atoms with van der Waals surface area (Å²) in [6.45, 7) is 9.58. The lowest BCUT2D eigenvalue weighted by Gasteiger charge is -2.11. The Bertz CT molecular complexity index is 286. The van der Waals surface area contributed by atoms with Gasteiger partial charge in [0.15, 0.2) is 0 Å². The zero-order valence-electron chi connectivity index (χ0n) is 10.5. The molecule has 1 unspecified atom stereocenters. The van der Waals surface area contributed by atoms with Crippen LogP contribution in [0, 0.1) is 6.92 Å². The molecular weight excluding hydrogens is 218 g/mol. The molecule has 0 spiro atoms. The maximum Gasteiger partial charge on any atom is 0.0940 e. The lowest BCUT2D eigenvalue weighted by Crippen LogP contribution is -2.33. The molecule has 0 saturated carbocycles. The lowest BCUT2D eigenvalue weighted by molar-refractivity contribution is 0.518. The Morgan fingerprint density at radius 3 is 2.81 bits per heavy atom. The summed E-state index contributed by atoms with van der Waals surface area (Å²) in [7, 11) is 0. The highest BCUT2D eigenvalue weighted by molar-refractivity contribution is 7.09. The highest BCUT2D eigenvalue weighted by atomic mass is 32.1. The average Bonchev–Trinajstić information content (AvgIpc) is 2.69. The molecule has 1 aromatic rings. The molecule has 0 aromatic carbocycles. The minimum absolute atomic E-state index is 0.628. The van der Waals surface area contributed by atoms with Crippen LogP contribution in [0.3, 0.4) is 0 Å². The van der Waals surface area contributed by atoms with E-state index in [0.29, 0.717) is 6.04 Å². The molecule has 0 amide bonds. The van der Waals surface area contributed by atoms with Crippen molar-refractivity contribution in [1.82, 2.24) is 15.6 Å². The van der Waals surface area contributed by atoms with Gasteiger partial charge in [-0.15, -0.1) is 11.3 Å². The van der Waals surface area contributed by atoms with Crippen molar-refractivity contribution in [2.75, 3.05) is 19.6 Å². The van der Waals surface area contributed by atoms with Crippen LogP contribution in [0.15, 0.2) is 5.38 Å². The van der Waals surface area contributed by atoms with Gasteiger partial charge in [0, 0.05) is 43.2 Å². The third kappa shape index (κ3) is 5.58. The van der Waals surface area contributed by atoms with Crippen molar-refractivity contribution in [2.45, 2.75) is 39.7 Å². The van der Waals surface area contributed by atoms with E-state index < -0.39 is 0 Å². The number of nitrogens with one attached hydrogen (secondary N) is 2. The molecule has 0 aliphatic rings. The van der Waals surface area contributed by atoms with E-state index in [0.717, 1.165) is 31.7 Å². The van der Waals surface area contributed by atoms with Crippen molar-refractivity contribution < 1.29 is 0 Å². The van der Waals surface area contributed by atoms with Crippen LogP contribution in [0.2, 0.25) is 0 Å². The van der Waals surface area contributed by atoms with Gasteiger partial charge in [0.25, 0.3) is 0 Å². The Balaban J connectivity index is 1.96. The van der Waals surface area contributed by atoms with Crippen LogP contribution in [0.4, 0.5) is 0 Å². The number of rotatable bonds is 8. The second-order valence-corrected chi connectivity index (χ2v) is 5.09. The Morgan fingerprint density at radius 1 is 1.38 bits per heavy atom. The van der Waals surface area contributed by atoms with Gasteiger partial charge in [0.05, 0.1) is 5.01 Å². The normalized spacial score (nSPS) is 12.9. The minimum Gasteiger partial charge on any atom is -0.315 e. The van der Waals surface area contributed by atoms with Crippen LogP contribution in [0.5, 0.6) is 0 Å². The number of aryl methyl sites for hydroxylation is 1. The van der Waals surface area contributed by atoms with Crippen LogP contribution in [-0.2, 0) is 6.42 Å². The number of aromatic nitrogens is 1. The molecule has 2 N–H and O–H groups in total. The van der Waals surface area contributed by atoms with E-state index in [9.17, 15) is 0 Å². The highest BCUT2D eigenvalue weighted by Crippen LogP contribution is 2.08. The second-order valence-electron chi connectivity index (χ2n) is 4.15. The first-order valence-electron chi connectivity index (χ1n) is 6.07. The third-order valence-electron chi connectivity index (χ3n) is 2.59. The zero-order chi connectivity index (χ0) is 11.8. The van der Waals surface area contributed by atoms with E-state index in [1.165, 1.54) is 11.4 Å². The van der Waals surface area contributed by atoms with Crippen molar-refractivity contribution in [3.63, 3.8) is 0 Å². The molecule has 0 aliphatic carbocycles. The second kappa shape index (κ2) is 7.76. The number of nitrogens with zero attached hydrogens (tertiary/aromatic N) is 1. The van der Waals surface area contributed by atoms with E-state index in [-0.39, 0.29) is 0 Å². The quantitative estimate of drug-likeness (QED) is 0.683. The molecule has 1 rings (SSSR count). The molecule has 4 heteroatoms. The van der Waals surface area contributed by atoms with Gasteiger partial charge in [-0.2, -0.15) is 0 Å². The van der Waals surface area contributed by atoms with Gasteiger partial charge in [-0.25, -0.2) is 4.98 Å². The van der Waals surface area contributed by atoms with E-state index in [2.05, 4.69) is 34.8 Å². The van der Waals surface area contributed by atoms with E-state index in [4.69, 9.17) is 0 Å². The molecule has 1 atom stereocenters. The first kappa shape index (κ1) is 13.6. The predicted octanol–water partition coefficient (Wildman–Crippen LogP) is 1.97. The average molecular weight is 241 g/mol. The van der Waals surface area contributed by atoms with Gasteiger partial charge < -0.3 is 10.6 Å². The number of hydrogen-bond donors (Lipinski definition) is 2. The Morgan fingerprint density at radius 2 is 2.19 bits per heavy atom. The minimum atomic E-state index is 0.628. The maximum atomic E-state index is 4.43. The van der Waals surface area contributed by atoms with Gasteiger partial charge in [0.2, 0.25) is 0 Å². The first-order chi connectivity index (χ1) is 7.72. The fourth-order valence-corrected chi connectivity index (χ4v) is 2.17. The fraction of sp³-hybridized carbons (Fsp3) is 0.750. The van der Waals surface area contributed by atoms with E-state index in [1.54, 1.807) is 11.3 Å². The Kier molecular flexibility index (Phi) is 6.61.